The fourth-order valence-electron chi connectivity index (χ4n) is 0.698. The van der Waals surface area contributed by atoms with Crippen LogP contribution in [0.2, 0.25) is 0 Å². The van der Waals surface area contributed by atoms with Crippen LogP contribution in [-0.2, 0) is 14.4 Å². The monoisotopic (exact) mass is 201 g/mol. The Morgan fingerprint density at radius 1 is 1.14 bits per heavy atom. The van der Waals surface area contributed by atoms with E-state index in [-0.39, 0.29) is 31.4 Å². The van der Waals surface area contributed by atoms with Gasteiger partial charge in [0.25, 0.3) is 0 Å². The van der Waals surface area contributed by atoms with Crippen LogP contribution in [0.15, 0.2) is 0 Å². The molecule has 3 N–H and O–H groups in total. The molecule has 0 heterocycles. The first-order chi connectivity index (χ1) is 6.70. The lowest BCUT2D eigenvalue weighted by molar-refractivity contribution is -0.126. The van der Waals surface area contributed by atoms with E-state index < -0.39 is 0 Å². The molecular formula is C8H15N3O3. The van der Waals surface area contributed by atoms with Gasteiger partial charge in [0.2, 0.25) is 11.8 Å². The molecule has 0 aromatic rings. The standard InChI is InChI=1S/C8H15N3O3/c1-2-9-5-7(13)11-6-8(14)10-3-4-12/h4,9H,2-3,5-6H2,1H3,(H,10,14)(H,11,13). The first-order valence-corrected chi connectivity index (χ1v) is 4.38. The third kappa shape index (κ3) is 7.23. The number of aldehydes is 1. The predicted molar refractivity (Wildman–Crippen MR) is 50.6 cm³/mol. The molecule has 0 spiro atoms. The Kier molecular flexibility index (Phi) is 7.35. The molecule has 0 saturated carbocycles. The van der Waals surface area contributed by atoms with E-state index in [0.717, 1.165) is 0 Å². The molecule has 0 fully saturated rings. The maximum Gasteiger partial charge on any atom is 0.239 e. The molecule has 80 valence electrons. The van der Waals surface area contributed by atoms with Gasteiger partial charge >= 0.3 is 0 Å². The smallest absolute Gasteiger partial charge is 0.239 e. The normalized spacial score (nSPS) is 9.21. The molecule has 0 unspecified atom stereocenters. The Morgan fingerprint density at radius 3 is 2.36 bits per heavy atom. The second-order valence-electron chi connectivity index (χ2n) is 2.53. The van der Waals surface area contributed by atoms with Crippen LogP contribution in [0.25, 0.3) is 0 Å². The summed E-state index contributed by atoms with van der Waals surface area (Å²) in [4.78, 5) is 31.7. The fourth-order valence-corrected chi connectivity index (χ4v) is 0.698. The lowest BCUT2D eigenvalue weighted by atomic mass is 10.5. The summed E-state index contributed by atoms with van der Waals surface area (Å²) in [6.07, 6.45) is 0.582. The van der Waals surface area contributed by atoms with Crippen LogP contribution in [0.3, 0.4) is 0 Å². The van der Waals surface area contributed by atoms with Crippen molar-refractivity contribution in [1.29, 1.82) is 0 Å². The minimum atomic E-state index is -0.373. The highest BCUT2D eigenvalue weighted by atomic mass is 16.2. The Bertz CT molecular complexity index is 206. The largest absolute Gasteiger partial charge is 0.348 e. The second kappa shape index (κ2) is 8.18. The summed E-state index contributed by atoms with van der Waals surface area (Å²) in [5.74, 6) is -0.616. The lowest BCUT2D eigenvalue weighted by Gasteiger charge is -2.04. The third-order valence-electron chi connectivity index (χ3n) is 1.36. The summed E-state index contributed by atoms with van der Waals surface area (Å²) in [5.41, 5.74) is 0. The van der Waals surface area contributed by atoms with E-state index in [4.69, 9.17) is 0 Å². The molecule has 0 aliphatic carbocycles. The molecular weight excluding hydrogens is 186 g/mol. The number of hydrogen-bond acceptors (Lipinski definition) is 4. The number of carbonyl (C=O) groups is 3. The minimum Gasteiger partial charge on any atom is -0.348 e. The van der Waals surface area contributed by atoms with Crippen molar-refractivity contribution in [1.82, 2.24) is 16.0 Å². The molecule has 14 heavy (non-hydrogen) atoms. The number of amides is 2. The summed E-state index contributed by atoms with van der Waals surface area (Å²) >= 11 is 0. The highest BCUT2D eigenvalue weighted by Crippen LogP contribution is 1.66. The van der Waals surface area contributed by atoms with Gasteiger partial charge in [-0.2, -0.15) is 0 Å². The summed E-state index contributed by atoms with van der Waals surface area (Å²) in [7, 11) is 0. The van der Waals surface area contributed by atoms with Crippen LogP contribution >= 0.6 is 0 Å². The maximum absolute atomic E-state index is 11.0. The summed E-state index contributed by atoms with van der Waals surface area (Å²) in [6.45, 7) is 2.65. The Labute approximate surface area is 82.4 Å². The molecule has 0 rings (SSSR count). The molecule has 0 aromatic carbocycles. The molecule has 0 saturated heterocycles. The summed E-state index contributed by atoms with van der Waals surface area (Å²) in [5, 5.41) is 7.51. The van der Waals surface area contributed by atoms with Gasteiger partial charge in [0.1, 0.15) is 6.29 Å². The van der Waals surface area contributed by atoms with Crippen molar-refractivity contribution in [3.63, 3.8) is 0 Å². The Morgan fingerprint density at radius 2 is 1.79 bits per heavy atom. The van der Waals surface area contributed by atoms with Crippen molar-refractivity contribution in [3.8, 4) is 0 Å². The van der Waals surface area contributed by atoms with E-state index in [1.165, 1.54) is 0 Å². The average Bonchev–Trinajstić information content (AvgIpc) is 2.20. The van der Waals surface area contributed by atoms with Crippen molar-refractivity contribution in [2.24, 2.45) is 0 Å². The van der Waals surface area contributed by atoms with Crippen molar-refractivity contribution >= 4 is 18.1 Å². The van der Waals surface area contributed by atoms with Gasteiger partial charge < -0.3 is 20.7 Å². The minimum absolute atomic E-state index is 0.0259. The molecule has 0 atom stereocenters. The van der Waals surface area contributed by atoms with Crippen molar-refractivity contribution in [2.75, 3.05) is 26.2 Å². The number of nitrogens with one attached hydrogen (secondary N) is 3. The number of carbonyl (C=O) groups excluding carboxylic acids is 3. The third-order valence-corrected chi connectivity index (χ3v) is 1.36. The number of hydrogen-bond donors (Lipinski definition) is 3. The highest BCUT2D eigenvalue weighted by molar-refractivity contribution is 5.86. The molecule has 0 bridgehead atoms. The van der Waals surface area contributed by atoms with E-state index in [1.54, 1.807) is 0 Å². The van der Waals surface area contributed by atoms with Gasteiger partial charge in [0.05, 0.1) is 19.6 Å². The van der Waals surface area contributed by atoms with E-state index in [9.17, 15) is 14.4 Å². The van der Waals surface area contributed by atoms with Crippen LogP contribution in [-0.4, -0.2) is 44.3 Å². The zero-order valence-corrected chi connectivity index (χ0v) is 8.13. The SMILES string of the molecule is CCNCC(=O)NCC(=O)NCC=O. The first kappa shape index (κ1) is 12.6. The number of likely N-dealkylation sites (N-methyl/N-ethyl adjacent to an activating group) is 1. The van der Waals surface area contributed by atoms with Gasteiger partial charge in [-0.25, -0.2) is 0 Å². The quantitative estimate of drug-likeness (QED) is 0.417. The molecule has 0 aliphatic rings. The van der Waals surface area contributed by atoms with Crippen LogP contribution < -0.4 is 16.0 Å². The van der Waals surface area contributed by atoms with E-state index in [0.29, 0.717) is 12.8 Å². The van der Waals surface area contributed by atoms with Crippen LogP contribution in [0.4, 0.5) is 0 Å². The molecule has 6 heteroatoms. The average molecular weight is 201 g/mol. The summed E-state index contributed by atoms with van der Waals surface area (Å²) in [6, 6.07) is 0. The van der Waals surface area contributed by atoms with Gasteiger partial charge in [-0.3, -0.25) is 9.59 Å². The van der Waals surface area contributed by atoms with Gasteiger partial charge in [-0.05, 0) is 6.54 Å². The van der Waals surface area contributed by atoms with Gasteiger partial charge in [-0.1, -0.05) is 6.92 Å². The molecule has 0 radical (unpaired) electrons. The first-order valence-electron chi connectivity index (χ1n) is 4.38. The lowest BCUT2D eigenvalue weighted by Crippen LogP contribution is -2.41. The van der Waals surface area contributed by atoms with Gasteiger partial charge in [0, 0.05) is 0 Å². The van der Waals surface area contributed by atoms with Crippen molar-refractivity contribution in [3.05, 3.63) is 0 Å². The van der Waals surface area contributed by atoms with Gasteiger partial charge in [0.15, 0.2) is 0 Å². The zero-order chi connectivity index (χ0) is 10.8. The molecule has 0 aromatic heterocycles. The highest BCUT2D eigenvalue weighted by Gasteiger charge is 2.03. The van der Waals surface area contributed by atoms with E-state index in [1.807, 2.05) is 6.92 Å². The Balaban J connectivity index is 3.45. The maximum atomic E-state index is 11.0. The Hall–Kier alpha value is -1.43. The predicted octanol–water partition coefficient (Wildman–Crippen LogP) is -1.97. The molecule has 6 nitrogen and oxygen atoms in total. The van der Waals surface area contributed by atoms with Crippen LogP contribution in [0.5, 0.6) is 0 Å². The van der Waals surface area contributed by atoms with Crippen molar-refractivity contribution < 1.29 is 14.4 Å². The second-order valence-corrected chi connectivity index (χ2v) is 2.53. The molecule has 0 aliphatic heterocycles. The van der Waals surface area contributed by atoms with Crippen molar-refractivity contribution in [2.45, 2.75) is 6.92 Å². The topological polar surface area (TPSA) is 87.3 Å². The van der Waals surface area contributed by atoms with Crippen LogP contribution in [0, 0.1) is 0 Å². The fraction of sp³-hybridized carbons (Fsp3) is 0.625. The van der Waals surface area contributed by atoms with Gasteiger partial charge in [-0.15, -0.1) is 0 Å². The van der Waals surface area contributed by atoms with E-state index >= 15 is 0 Å². The number of rotatable bonds is 7. The zero-order valence-electron chi connectivity index (χ0n) is 8.13. The van der Waals surface area contributed by atoms with E-state index in [2.05, 4.69) is 16.0 Å². The summed E-state index contributed by atoms with van der Waals surface area (Å²) < 4.78 is 0. The molecule has 2 amide bonds. The van der Waals surface area contributed by atoms with Crippen LogP contribution in [0.1, 0.15) is 6.92 Å².